The number of nitrogens with one attached hydrogen (secondary N) is 1. The van der Waals surface area contributed by atoms with Crippen LogP contribution in [0.4, 0.5) is 5.00 Å². The van der Waals surface area contributed by atoms with Crippen LogP contribution in [0.25, 0.3) is 17.2 Å². The van der Waals surface area contributed by atoms with Crippen LogP contribution in [0, 0.1) is 18.3 Å². The van der Waals surface area contributed by atoms with Crippen molar-refractivity contribution in [2.45, 2.75) is 13.8 Å². The standard InChI is InChI=1S/C24H19BrN2O4S/c1-3-31-24(30)21-19(15-6-4-14(2)5-7-15)13-32-23(21)27-22(29)17(12-26)10-16-11-18(25)8-9-20(16)28/h4-11,13,28H,3H2,1-2H3,(H,27,29)/b17-10+. The number of hydrogen-bond donors (Lipinski definition) is 2. The predicted molar refractivity (Wildman–Crippen MR) is 128 cm³/mol. The van der Waals surface area contributed by atoms with Crippen LogP contribution in [0.15, 0.2) is 57.9 Å². The lowest BCUT2D eigenvalue weighted by Gasteiger charge is -2.09. The molecule has 0 aliphatic rings. The molecule has 8 heteroatoms. The molecule has 162 valence electrons. The molecular weight excluding hydrogens is 492 g/mol. The first-order chi connectivity index (χ1) is 15.3. The van der Waals surface area contributed by atoms with E-state index in [0.717, 1.165) is 11.1 Å². The van der Waals surface area contributed by atoms with E-state index in [2.05, 4.69) is 21.2 Å². The molecule has 0 fully saturated rings. The van der Waals surface area contributed by atoms with Gasteiger partial charge < -0.3 is 15.2 Å². The van der Waals surface area contributed by atoms with E-state index in [9.17, 15) is 20.0 Å². The van der Waals surface area contributed by atoms with Crippen LogP contribution in [0.3, 0.4) is 0 Å². The Morgan fingerprint density at radius 1 is 1.25 bits per heavy atom. The summed E-state index contributed by atoms with van der Waals surface area (Å²) in [5.74, 6) is -1.33. The summed E-state index contributed by atoms with van der Waals surface area (Å²) in [6.07, 6.45) is 1.29. The Balaban J connectivity index is 1.98. The van der Waals surface area contributed by atoms with Crippen molar-refractivity contribution in [2.75, 3.05) is 11.9 Å². The zero-order chi connectivity index (χ0) is 23.3. The number of phenolic OH excluding ortho intramolecular Hbond substituents is 1. The molecule has 0 radical (unpaired) electrons. The lowest BCUT2D eigenvalue weighted by atomic mass is 10.0. The number of halogens is 1. The van der Waals surface area contributed by atoms with E-state index in [1.165, 1.54) is 23.5 Å². The largest absolute Gasteiger partial charge is 0.507 e. The number of rotatable bonds is 6. The van der Waals surface area contributed by atoms with E-state index in [4.69, 9.17) is 4.74 Å². The Morgan fingerprint density at radius 3 is 2.62 bits per heavy atom. The van der Waals surface area contributed by atoms with E-state index in [1.807, 2.05) is 37.3 Å². The minimum Gasteiger partial charge on any atom is -0.507 e. The molecule has 0 saturated carbocycles. The van der Waals surface area contributed by atoms with Crippen LogP contribution in [-0.2, 0) is 9.53 Å². The van der Waals surface area contributed by atoms with Gasteiger partial charge in [-0.1, -0.05) is 45.8 Å². The molecule has 0 aliphatic heterocycles. The molecule has 32 heavy (non-hydrogen) atoms. The fourth-order valence-corrected chi connectivity index (χ4v) is 4.25. The number of esters is 1. The van der Waals surface area contributed by atoms with Crippen LogP contribution in [0.1, 0.15) is 28.4 Å². The Kier molecular flexibility index (Phi) is 7.46. The van der Waals surface area contributed by atoms with Crippen molar-refractivity contribution in [1.82, 2.24) is 0 Å². The number of nitriles is 1. The smallest absolute Gasteiger partial charge is 0.341 e. The molecule has 0 spiro atoms. The second kappa shape index (κ2) is 10.3. The van der Waals surface area contributed by atoms with Crippen LogP contribution in [0.5, 0.6) is 5.75 Å². The molecule has 2 aromatic carbocycles. The summed E-state index contributed by atoms with van der Waals surface area (Å²) in [6.45, 7) is 3.85. The van der Waals surface area contributed by atoms with Gasteiger partial charge in [0.05, 0.1) is 6.61 Å². The highest BCUT2D eigenvalue weighted by molar-refractivity contribution is 9.10. The second-order valence-corrected chi connectivity index (χ2v) is 8.56. The fraction of sp³-hybridized carbons (Fsp3) is 0.125. The number of amides is 1. The van der Waals surface area contributed by atoms with Gasteiger partial charge in [0, 0.05) is 21.0 Å². The summed E-state index contributed by atoms with van der Waals surface area (Å²) in [5, 5.41) is 24.2. The van der Waals surface area contributed by atoms with Gasteiger partial charge in [0.15, 0.2) is 0 Å². The monoisotopic (exact) mass is 510 g/mol. The number of hydrogen-bond acceptors (Lipinski definition) is 6. The highest BCUT2D eigenvalue weighted by Crippen LogP contribution is 2.36. The zero-order valence-electron chi connectivity index (χ0n) is 17.3. The average Bonchev–Trinajstić information content (AvgIpc) is 3.18. The number of nitrogens with zero attached hydrogens (tertiary/aromatic N) is 1. The lowest BCUT2D eigenvalue weighted by molar-refractivity contribution is -0.112. The maximum Gasteiger partial charge on any atom is 0.341 e. The summed E-state index contributed by atoms with van der Waals surface area (Å²) in [6, 6.07) is 14.2. The molecule has 0 bridgehead atoms. The van der Waals surface area contributed by atoms with Crippen molar-refractivity contribution < 1.29 is 19.4 Å². The van der Waals surface area contributed by atoms with Crippen LogP contribution < -0.4 is 5.32 Å². The third kappa shape index (κ3) is 5.25. The van der Waals surface area contributed by atoms with E-state index in [0.29, 0.717) is 15.6 Å². The van der Waals surface area contributed by atoms with Gasteiger partial charge in [-0.15, -0.1) is 11.3 Å². The Bertz CT molecular complexity index is 1240. The predicted octanol–water partition coefficient (Wildman–Crippen LogP) is 5.91. The molecule has 3 rings (SSSR count). The molecule has 6 nitrogen and oxygen atoms in total. The highest BCUT2D eigenvalue weighted by atomic mass is 79.9. The second-order valence-electron chi connectivity index (χ2n) is 6.77. The van der Waals surface area contributed by atoms with Gasteiger partial charge in [0.25, 0.3) is 5.91 Å². The van der Waals surface area contributed by atoms with Gasteiger partial charge in [-0.05, 0) is 43.7 Å². The topological polar surface area (TPSA) is 99.4 Å². The van der Waals surface area contributed by atoms with Crippen molar-refractivity contribution in [3.05, 3.63) is 74.6 Å². The Hall–Kier alpha value is -3.41. The number of carbonyl (C=O) groups excluding carboxylic acids is 2. The third-order valence-corrected chi connectivity index (χ3v) is 5.90. The van der Waals surface area contributed by atoms with E-state index < -0.39 is 11.9 Å². The minimum absolute atomic E-state index is 0.0706. The fourth-order valence-electron chi connectivity index (χ4n) is 2.92. The first-order valence-corrected chi connectivity index (χ1v) is 11.3. The number of thiophene rings is 1. The van der Waals surface area contributed by atoms with Crippen LogP contribution in [0.2, 0.25) is 0 Å². The molecular formula is C24H19BrN2O4S. The summed E-state index contributed by atoms with van der Waals surface area (Å²) in [7, 11) is 0. The van der Waals surface area contributed by atoms with Gasteiger partial charge in [-0.2, -0.15) is 5.26 Å². The lowest BCUT2D eigenvalue weighted by Crippen LogP contribution is -2.16. The number of ether oxygens (including phenoxy) is 1. The summed E-state index contributed by atoms with van der Waals surface area (Å²) in [4.78, 5) is 25.5. The van der Waals surface area contributed by atoms with Gasteiger partial charge in [-0.3, -0.25) is 4.79 Å². The van der Waals surface area contributed by atoms with Gasteiger partial charge in [-0.25, -0.2) is 4.79 Å². The quantitative estimate of drug-likeness (QED) is 0.243. The van der Waals surface area contributed by atoms with Crippen molar-refractivity contribution in [3.8, 4) is 22.9 Å². The molecule has 3 aromatic rings. The average molecular weight is 511 g/mol. The van der Waals surface area contributed by atoms with E-state index >= 15 is 0 Å². The normalized spacial score (nSPS) is 11.0. The van der Waals surface area contributed by atoms with Crippen LogP contribution in [-0.4, -0.2) is 23.6 Å². The van der Waals surface area contributed by atoms with Gasteiger partial charge in [0.1, 0.15) is 28.0 Å². The van der Waals surface area contributed by atoms with E-state index in [-0.39, 0.29) is 28.5 Å². The van der Waals surface area contributed by atoms with Crippen molar-refractivity contribution >= 4 is 50.2 Å². The number of phenols is 1. The zero-order valence-corrected chi connectivity index (χ0v) is 19.7. The minimum atomic E-state index is -0.699. The number of benzene rings is 2. The first kappa shape index (κ1) is 23.3. The highest BCUT2D eigenvalue weighted by Gasteiger charge is 2.24. The Labute approximate surface area is 197 Å². The van der Waals surface area contributed by atoms with Gasteiger partial charge >= 0.3 is 5.97 Å². The molecule has 0 aliphatic carbocycles. The first-order valence-electron chi connectivity index (χ1n) is 9.61. The molecule has 1 heterocycles. The molecule has 1 aromatic heterocycles. The SMILES string of the molecule is CCOC(=O)c1c(-c2ccc(C)cc2)csc1NC(=O)/C(C#N)=C/c1cc(Br)ccc1O. The molecule has 2 N–H and O–H groups in total. The number of aryl methyl sites for hydroxylation is 1. The van der Waals surface area contributed by atoms with Gasteiger partial charge in [0.2, 0.25) is 0 Å². The van der Waals surface area contributed by atoms with Crippen molar-refractivity contribution in [1.29, 1.82) is 5.26 Å². The Morgan fingerprint density at radius 2 is 1.97 bits per heavy atom. The summed E-state index contributed by atoms with van der Waals surface area (Å²) < 4.78 is 5.89. The molecule has 0 atom stereocenters. The van der Waals surface area contributed by atoms with Crippen molar-refractivity contribution in [3.63, 3.8) is 0 Å². The number of carbonyl (C=O) groups is 2. The summed E-state index contributed by atoms with van der Waals surface area (Å²) >= 11 is 4.47. The molecule has 0 saturated heterocycles. The van der Waals surface area contributed by atoms with Crippen molar-refractivity contribution in [2.24, 2.45) is 0 Å². The molecule has 1 amide bonds. The maximum absolute atomic E-state index is 12.8. The number of anilines is 1. The molecule has 0 unspecified atom stereocenters. The van der Waals surface area contributed by atoms with E-state index in [1.54, 1.807) is 24.4 Å². The third-order valence-electron chi connectivity index (χ3n) is 4.51. The maximum atomic E-state index is 12.8. The van der Waals surface area contributed by atoms with Crippen LogP contribution >= 0.6 is 27.3 Å². The summed E-state index contributed by atoms with van der Waals surface area (Å²) in [5.41, 5.74) is 2.84. The number of aromatic hydroxyl groups is 1.